The summed E-state index contributed by atoms with van der Waals surface area (Å²) in [6.07, 6.45) is 4.64. The fourth-order valence-corrected chi connectivity index (χ4v) is 3.26. The van der Waals surface area contributed by atoms with Gasteiger partial charge in [-0.15, -0.1) is 0 Å². The number of amides is 1. The molecule has 1 aromatic heterocycles. The molecule has 0 aliphatic carbocycles. The minimum atomic E-state index is 0.0937. The molecule has 0 N–H and O–H groups in total. The number of aromatic nitrogens is 1. The number of hydrogen-bond donors (Lipinski definition) is 0. The molecule has 3 rings (SSSR count). The standard InChI is InChI=1S/C21H26N2O3/c1-3-18-13-17(10-11-22-18)21(24)23-12-4-5-16(14-23)15-26-20-8-6-19(25-2)7-9-20/h6-11,13,16H,3-5,12,14-15H2,1-2H3/t16-/m0/s1. The van der Waals surface area contributed by atoms with Gasteiger partial charge in [0, 0.05) is 36.5 Å². The molecule has 0 bridgehead atoms. The molecule has 0 radical (unpaired) electrons. The summed E-state index contributed by atoms with van der Waals surface area (Å²) in [6, 6.07) is 11.3. The van der Waals surface area contributed by atoms with E-state index >= 15 is 0 Å². The maximum Gasteiger partial charge on any atom is 0.253 e. The van der Waals surface area contributed by atoms with Crippen LogP contribution < -0.4 is 9.47 Å². The van der Waals surface area contributed by atoms with E-state index < -0.39 is 0 Å². The summed E-state index contributed by atoms with van der Waals surface area (Å²) < 4.78 is 11.1. The van der Waals surface area contributed by atoms with E-state index in [4.69, 9.17) is 9.47 Å². The van der Waals surface area contributed by atoms with Gasteiger partial charge in [-0.3, -0.25) is 9.78 Å². The van der Waals surface area contributed by atoms with E-state index in [1.165, 1.54) is 0 Å². The van der Waals surface area contributed by atoms with Crippen LogP contribution in [0.1, 0.15) is 35.8 Å². The minimum Gasteiger partial charge on any atom is -0.497 e. The van der Waals surface area contributed by atoms with E-state index in [9.17, 15) is 4.79 Å². The Hall–Kier alpha value is -2.56. The summed E-state index contributed by atoms with van der Waals surface area (Å²) >= 11 is 0. The first-order valence-corrected chi connectivity index (χ1v) is 9.20. The number of piperidine rings is 1. The van der Waals surface area contributed by atoms with Gasteiger partial charge in [-0.1, -0.05) is 6.92 Å². The number of pyridine rings is 1. The van der Waals surface area contributed by atoms with Crippen LogP contribution in [0.15, 0.2) is 42.6 Å². The van der Waals surface area contributed by atoms with Gasteiger partial charge in [-0.05, 0) is 55.7 Å². The Labute approximate surface area is 155 Å². The Kier molecular flexibility index (Phi) is 6.10. The molecule has 1 aliphatic heterocycles. The predicted octanol–water partition coefficient (Wildman–Crippen LogP) is 3.58. The first-order chi connectivity index (χ1) is 12.7. The third-order valence-electron chi connectivity index (χ3n) is 4.78. The van der Waals surface area contributed by atoms with Crippen molar-refractivity contribution in [2.24, 2.45) is 5.92 Å². The van der Waals surface area contributed by atoms with Crippen molar-refractivity contribution in [3.8, 4) is 11.5 Å². The number of methoxy groups -OCH3 is 1. The van der Waals surface area contributed by atoms with Crippen molar-refractivity contribution in [2.45, 2.75) is 26.2 Å². The SMILES string of the molecule is CCc1cc(C(=O)N2CCC[C@H](COc3ccc(OC)cc3)C2)ccn1. The smallest absolute Gasteiger partial charge is 0.253 e. The Morgan fingerprint density at radius 2 is 2.00 bits per heavy atom. The van der Waals surface area contributed by atoms with Crippen LogP contribution in [-0.4, -0.2) is 42.6 Å². The second-order valence-electron chi connectivity index (χ2n) is 6.64. The van der Waals surface area contributed by atoms with Gasteiger partial charge in [0.05, 0.1) is 13.7 Å². The van der Waals surface area contributed by atoms with Gasteiger partial charge < -0.3 is 14.4 Å². The Balaban J connectivity index is 1.56. The first kappa shape index (κ1) is 18.2. The van der Waals surface area contributed by atoms with Crippen molar-refractivity contribution in [1.29, 1.82) is 0 Å². The lowest BCUT2D eigenvalue weighted by Gasteiger charge is -2.32. The van der Waals surface area contributed by atoms with Crippen LogP contribution in [0.5, 0.6) is 11.5 Å². The van der Waals surface area contributed by atoms with E-state index in [1.807, 2.05) is 42.2 Å². The zero-order valence-electron chi connectivity index (χ0n) is 15.5. The van der Waals surface area contributed by atoms with E-state index in [2.05, 4.69) is 4.98 Å². The molecule has 0 spiro atoms. The molecule has 0 unspecified atom stereocenters. The molecule has 5 heteroatoms. The maximum absolute atomic E-state index is 12.8. The fourth-order valence-electron chi connectivity index (χ4n) is 3.26. The molecule has 138 valence electrons. The van der Waals surface area contributed by atoms with Gasteiger partial charge in [0.15, 0.2) is 0 Å². The van der Waals surface area contributed by atoms with Crippen LogP contribution in [0, 0.1) is 5.92 Å². The van der Waals surface area contributed by atoms with Gasteiger partial charge in [0.1, 0.15) is 11.5 Å². The fraction of sp³-hybridized carbons (Fsp3) is 0.429. The van der Waals surface area contributed by atoms with E-state index in [-0.39, 0.29) is 5.91 Å². The summed E-state index contributed by atoms with van der Waals surface area (Å²) in [4.78, 5) is 19.0. The third-order valence-corrected chi connectivity index (χ3v) is 4.78. The molecule has 2 heterocycles. The Morgan fingerprint density at radius 1 is 1.23 bits per heavy atom. The average Bonchev–Trinajstić information content (AvgIpc) is 2.72. The Morgan fingerprint density at radius 3 is 2.73 bits per heavy atom. The quantitative estimate of drug-likeness (QED) is 0.796. The number of hydrogen-bond acceptors (Lipinski definition) is 4. The van der Waals surface area contributed by atoms with Gasteiger partial charge in [0.2, 0.25) is 0 Å². The lowest BCUT2D eigenvalue weighted by atomic mass is 9.98. The molecular formula is C21H26N2O3. The number of benzene rings is 1. The first-order valence-electron chi connectivity index (χ1n) is 9.20. The second kappa shape index (κ2) is 8.70. The summed E-state index contributed by atoms with van der Waals surface area (Å²) in [5.41, 5.74) is 1.68. The molecule has 26 heavy (non-hydrogen) atoms. The van der Waals surface area contributed by atoms with Crippen molar-refractivity contribution >= 4 is 5.91 Å². The summed E-state index contributed by atoms with van der Waals surface area (Å²) in [5, 5.41) is 0. The monoisotopic (exact) mass is 354 g/mol. The van der Waals surface area contributed by atoms with Crippen LogP contribution in [0.4, 0.5) is 0 Å². The van der Waals surface area contributed by atoms with Crippen LogP contribution in [0.25, 0.3) is 0 Å². The number of nitrogens with zero attached hydrogens (tertiary/aromatic N) is 2. The van der Waals surface area contributed by atoms with Crippen LogP contribution in [0.3, 0.4) is 0 Å². The number of ether oxygens (including phenoxy) is 2. The van der Waals surface area contributed by atoms with Gasteiger partial charge in [-0.2, -0.15) is 0 Å². The topological polar surface area (TPSA) is 51.7 Å². The van der Waals surface area contributed by atoms with Crippen molar-refractivity contribution in [1.82, 2.24) is 9.88 Å². The zero-order valence-corrected chi connectivity index (χ0v) is 15.5. The molecule has 1 aliphatic rings. The van der Waals surface area contributed by atoms with Gasteiger partial charge >= 0.3 is 0 Å². The van der Waals surface area contributed by atoms with Gasteiger partial charge in [-0.25, -0.2) is 0 Å². The molecule has 5 nitrogen and oxygen atoms in total. The lowest BCUT2D eigenvalue weighted by Crippen LogP contribution is -2.41. The van der Waals surface area contributed by atoms with E-state index in [0.29, 0.717) is 12.5 Å². The Bertz CT molecular complexity index is 730. The normalized spacial score (nSPS) is 17.0. The zero-order chi connectivity index (χ0) is 18.4. The van der Waals surface area contributed by atoms with Crippen molar-refractivity contribution in [3.63, 3.8) is 0 Å². The largest absolute Gasteiger partial charge is 0.497 e. The summed E-state index contributed by atoms with van der Waals surface area (Å²) in [7, 11) is 1.65. The molecule has 2 aromatic rings. The summed E-state index contributed by atoms with van der Waals surface area (Å²) in [5.74, 6) is 2.09. The molecular weight excluding hydrogens is 328 g/mol. The van der Waals surface area contributed by atoms with Crippen molar-refractivity contribution in [3.05, 3.63) is 53.9 Å². The van der Waals surface area contributed by atoms with E-state index in [1.54, 1.807) is 19.4 Å². The molecule has 0 saturated carbocycles. The van der Waals surface area contributed by atoms with Crippen LogP contribution in [0.2, 0.25) is 0 Å². The molecule has 1 aromatic carbocycles. The van der Waals surface area contributed by atoms with Crippen LogP contribution >= 0.6 is 0 Å². The summed E-state index contributed by atoms with van der Waals surface area (Å²) in [6.45, 7) is 4.21. The molecule has 1 fully saturated rings. The number of likely N-dealkylation sites (tertiary alicyclic amines) is 1. The van der Waals surface area contributed by atoms with Crippen molar-refractivity contribution in [2.75, 3.05) is 26.8 Å². The highest BCUT2D eigenvalue weighted by Gasteiger charge is 2.25. The molecule has 1 atom stereocenters. The highest BCUT2D eigenvalue weighted by Crippen LogP contribution is 2.22. The predicted molar refractivity (Wildman–Crippen MR) is 101 cm³/mol. The van der Waals surface area contributed by atoms with Crippen LogP contribution in [-0.2, 0) is 6.42 Å². The third kappa shape index (κ3) is 4.54. The van der Waals surface area contributed by atoms with E-state index in [0.717, 1.165) is 55.1 Å². The molecule has 1 amide bonds. The highest BCUT2D eigenvalue weighted by atomic mass is 16.5. The molecule has 1 saturated heterocycles. The highest BCUT2D eigenvalue weighted by molar-refractivity contribution is 5.94. The minimum absolute atomic E-state index is 0.0937. The average molecular weight is 354 g/mol. The number of carbonyl (C=O) groups is 1. The second-order valence-corrected chi connectivity index (χ2v) is 6.64. The number of carbonyl (C=O) groups excluding carboxylic acids is 1. The number of aryl methyl sites for hydroxylation is 1. The lowest BCUT2D eigenvalue weighted by molar-refractivity contribution is 0.0633. The maximum atomic E-state index is 12.8. The van der Waals surface area contributed by atoms with Gasteiger partial charge in [0.25, 0.3) is 5.91 Å². The van der Waals surface area contributed by atoms with Crippen molar-refractivity contribution < 1.29 is 14.3 Å². The number of rotatable bonds is 6.